The Morgan fingerprint density at radius 1 is 1.52 bits per heavy atom. The maximum atomic E-state index is 12.7. The van der Waals surface area contributed by atoms with Crippen LogP contribution in [0.1, 0.15) is 39.8 Å². The van der Waals surface area contributed by atoms with Crippen molar-refractivity contribution in [2.24, 2.45) is 0 Å². The van der Waals surface area contributed by atoms with Crippen LogP contribution in [-0.2, 0) is 26.4 Å². The average molecular weight is 359 g/mol. The molecule has 5 nitrogen and oxygen atoms in total. The molecule has 0 bridgehead atoms. The number of pyridine rings is 1. The molecule has 0 spiro atoms. The van der Waals surface area contributed by atoms with Crippen molar-refractivity contribution in [1.82, 2.24) is 9.71 Å². The van der Waals surface area contributed by atoms with E-state index in [0.29, 0.717) is 5.69 Å². The van der Waals surface area contributed by atoms with Gasteiger partial charge in [0.1, 0.15) is 9.90 Å². The van der Waals surface area contributed by atoms with E-state index in [-0.39, 0.29) is 18.2 Å². The number of ether oxygens (including phenoxy) is 1. The van der Waals surface area contributed by atoms with Crippen molar-refractivity contribution in [2.45, 2.75) is 44.4 Å². The first-order valence-electron chi connectivity index (χ1n) is 7.28. The predicted molar refractivity (Wildman–Crippen MR) is 93.4 cm³/mol. The third kappa shape index (κ3) is 4.94. The van der Waals surface area contributed by atoms with Crippen molar-refractivity contribution in [2.75, 3.05) is 6.61 Å². The van der Waals surface area contributed by atoms with E-state index < -0.39 is 27.6 Å². The molecule has 0 aliphatic carbocycles. The minimum Gasteiger partial charge on any atom is -0.598 e. The fourth-order valence-corrected chi connectivity index (χ4v) is 2.91. The van der Waals surface area contributed by atoms with Gasteiger partial charge < -0.3 is 9.29 Å². The van der Waals surface area contributed by atoms with Gasteiger partial charge >= 0.3 is 5.97 Å². The lowest BCUT2D eigenvalue weighted by Crippen LogP contribution is -2.56. The van der Waals surface area contributed by atoms with E-state index in [1.807, 2.05) is 20.8 Å². The second-order valence-corrected chi connectivity index (χ2v) is 8.30. The summed E-state index contributed by atoms with van der Waals surface area (Å²) in [5.41, 5.74) is -1.05. The van der Waals surface area contributed by atoms with Crippen LogP contribution >= 0.6 is 11.6 Å². The minimum atomic E-state index is -1.52. The van der Waals surface area contributed by atoms with E-state index in [2.05, 4.69) is 16.3 Å². The molecule has 1 N–H and O–H groups in total. The molecule has 1 unspecified atom stereocenters. The summed E-state index contributed by atoms with van der Waals surface area (Å²) < 4.78 is 20.2. The number of carbonyl (C=O) groups is 1. The third-order valence-corrected chi connectivity index (χ3v) is 4.91. The van der Waals surface area contributed by atoms with Gasteiger partial charge in [0.15, 0.2) is 0 Å². The minimum absolute atomic E-state index is 0.168. The van der Waals surface area contributed by atoms with Crippen LogP contribution in [-0.4, -0.2) is 26.9 Å². The largest absolute Gasteiger partial charge is 0.598 e. The SMILES string of the molecule is C=CC[C@@](N[S+]([O-])C(C)(C)C)(C(=O)OCC)c1cccc(Cl)n1. The fourth-order valence-electron chi connectivity index (χ4n) is 1.86. The zero-order valence-corrected chi connectivity index (χ0v) is 15.5. The second kappa shape index (κ2) is 8.15. The van der Waals surface area contributed by atoms with Crippen molar-refractivity contribution >= 4 is 28.9 Å². The monoisotopic (exact) mass is 358 g/mol. The van der Waals surface area contributed by atoms with E-state index in [0.717, 1.165) is 0 Å². The molecule has 1 heterocycles. The van der Waals surface area contributed by atoms with E-state index in [4.69, 9.17) is 16.3 Å². The first-order valence-corrected chi connectivity index (χ1v) is 8.81. The quantitative estimate of drug-likeness (QED) is 0.351. The maximum Gasteiger partial charge on any atom is 0.337 e. The molecule has 23 heavy (non-hydrogen) atoms. The lowest BCUT2D eigenvalue weighted by Gasteiger charge is -2.34. The molecule has 128 valence electrons. The maximum absolute atomic E-state index is 12.7. The molecule has 0 aromatic carbocycles. The number of nitrogens with one attached hydrogen (secondary N) is 1. The van der Waals surface area contributed by atoms with Crippen LogP contribution in [0, 0.1) is 0 Å². The van der Waals surface area contributed by atoms with Gasteiger partial charge in [-0.25, -0.2) is 9.78 Å². The molecule has 7 heteroatoms. The molecule has 0 fully saturated rings. The van der Waals surface area contributed by atoms with Gasteiger partial charge in [-0.3, -0.25) is 0 Å². The summed E-state index contributed by atoms with van der Waals surface area (Å²) in [5.74, 6) is -0.563. The molecule has 0 saturated carbocycles. The summed E-state index contributed by atoms with van der Waals surface area (Å²) in [5, 5.41) is 0.239. The van der Waals surface area contributed by atoms with Gasteiger partial charge in [-0.05, 0) is 39.8 Å². The van der Waals surface area contributed by atoms with Gasteiger partial charge in [0, 0.05) is 17.8 Å². The van der Waals surface area contributed by atoms with Crippen LogP contribution in [0.25, 0.3) is 0 Å². The Morgan fingerprint density at radius 3 is 2.65 bits per heavy atom. The Morgan fingerprint density at radius 2 is 2.17 bits per heavy atom. The van der Waals surface area contributed by atoms with Crippen molar-refractivity contribution < 1.29 is 14.1 Å². The standard InChI is InChI=1S/C16H23ClN2O3S/c1-6-11-16(14(20)22-7-2,19-23(21)15(3,4)5)12-9-8-10-13(17)18-12/h6,8-10,19H,1,7,11H2,2-5H3/t16-,23?/m0/s1. The van der Waals surface area contributed by atoms with Crippen molar-refractivity contribution in [3.8, 4) is 0 Å². The van der Waals surface area contributed by atoms with Crippen molar-refractivity contribution in [1.29, 1.82) is 0 Å². The zero-order chi connectivity index (χ0) is 17.7. The summed E-state index contributed by atoms with van der Waals surface area (Å²) in [7, 11) is 0. The number of carbonyl (C=O) groups excluding carboxylic acids is 1. The molecule has 0 amide bonds. The fraction of sp³-hybridized carbons (Fsp3) is 0.500. The Hall–Kier alpha value is -1.08. The van der Waals surface area contributed by atoms with Crippen LogP contribution in [0.15, 0.2) is 30.9 Å². The van der Waals surface area contributed by atoms with Crippen LogP contribution in [0.5, 0.6) is 0 Å². The first kappa shape index (κ1) is 20.0. The molecule has 0 radical (unpaired) electrons. The number of rotatable bonds is 7. The molecular weight excluding hydrogens is 336 g/mol. The summed E-state index contributed by atoms with van der Waals surface area (Å²) in [6.45, 7) is 11.0. The van der Waals surface area contributed by atoms with Crippen LogP contribution in [0.3, 0.4) is 0 Å². The summed E-state index contributed by atoms with van der Waals surface area (Å²) in [6.07, 6.45) is 1.73. The summed E-state index contributed by atoms with van der Waals surface area (Å²) in [6, 6.07) is 4.94. The summed E-state index contributed by atoms with van der Waals surface area (Å²) >= 11 is 4.45. The Bertz CT molecular complexity index is 563. The molecule has 1 rings (SSSR count). The molecule has 1 aromatic heterocycles. The number of aromatic nitrogens is 1. The molecule has 0 saturated heterocycles. The third-order valence-electron chi connectivity index (χ3n) is 3.05. The zero-order valence-electron chi connectivity index (χ0n) is 13.9. The van der Waals surface area contributed by atoms with Crippen LogP contribution in [0.4, 0.5) is 0 Å². The molecular formula is C16H23ClN2O3S. The van der Waals surface area contributed by atoms with Gasteiger partial charge in [0.05, 0.1) is 12.3 Å². The van der Waals surface area contributed by atoms with Gasteiger partial charge in [0.25, 0.3) is 0 Å². The van der Waals surface area contributed by atoms with E-state index in [1.54, 1.807) is 31.2 Å². The van der Waals surface area contributed by atoms with Gasteiger partial charge in [-0.2, -0.15) is 0 Å². The number of hydrogen-bond acceptors (Lipinski definition) is 5. The van der Waals surface area contributed by atoms with Gasteiger partial charge in [0.2, 0.25) is 5.54 Å². The number of nitrogens with zero attached hydrogens (tertiary/aromatic N) is 1. The van der Waals surface area contributed by atoms with E-state index in [1.165, 1.54) is 0 Å². The first-order chi connectivity index (χ1) is 10.7. The lowest BCUT2D eigenvalue weighted by molar-refractivity contribution is -0.151. The lowest BCUT2D eigenvalue weighted by atomic mass is 9.92. The second-order valence-electron chi connectivity index (χ2n) is 5.95. The van der Waals surface area contributed by atoms with Crippen LogP contribution < -0.4 is 4.72 Å². The number of hydrogen-bond donors (Lipinski definition) is 1. The molecule has 2 atom stereocenters. The summed E-state index contributed by atoms with van der Waals surface area (Å²) in [4.78, 5) is 16.9. The van der Waals surface area contributed by atoms with Gasteiger partial charge in [-0.15, -0.1) is 11.3 Å². The molecule has 0 aliphatic heterocycles. The topological polar surface area (TPSA) is 74.3 Å². The van der Waals surface area contributed by atoms with Crippen LogP contribution in [0.2, 0.25) is 5.15 Å². The van der Waals surface area contributed by atoms with Crippen molar-refractivity contribution in [3.63, 3.8) is 0 Å². The number of halogens is 1. The van der Waals surface area contributed by atoms with E-state index >= 15 is 0 Å². The Balaban J connectivity index is 3.41. The van der Waals surface area contributed by atoms with Gasteiger partial charge in [-0.1, -0.05) is 23.7 Å². The Labute approximate surface area is 145 Å². The number of esters is 1. The van der Waals surface area contributed by atoms with Crippen molar-refractivity contribution in [3.05, 3.63) is 41.7 Å². The highest BCUT2D eigenvalue weighted by Gasteiger charge is 2.48. The Kier molecular flexibility index (Phi) is 7.07. The highest BCUT2D eigenvalue weighted by molar-refractivity contribution is 7.90. The normalized spacial score (nSPS) is 15.6. The molecule has 1 aromatic rings. The highest BCUT2D eigenvalue weighted by atomic mass is 35.5. The predicted octanol–water partition coefficient (Wildman–Crippen LogP) is 3.12. The highest BCUT2D eigenvalue weighted by Crippen LogP contribution is 2.30. The average Bonchev–Trinajstić information content (AvgIpc) is 2.45. The smallest absolute Gasteiger partial charge is 0.337 e. The van der Waals surface area contributed by atoms with E-state index in [9.17, 15) is 9.35 Å². The molecule has 0 aliphatic rings.